The standard InChI is InChI=1S/C12H12O4/c1-2-16-12(15)11(14)8-10(13)9-6-4-3-5-7-9/h3-8,13H,2H2,1H3. The highest BCUT2D eigenvalue weighted by atomic mass is 16.5. The van der Waals surface area contributed by atoms with Crippen molar-refractivity contribution in [2.24, 2.45) is 0 Å². The molecule has 1 rings (SSSR count). The maximum absolute atomic E-state index is 11.2. The van der Waals surface area contributed by atoms with Gasteiger partial charge in [-0.2, -0.15) is 0 Å². The van der Waals surface area contributed by atoms with Crippen LogP contribution in [0, 0.1) is 0 Å². The number of ketones is 1. The van der Waals surface area contributed by atoms with Gasteiger partial charge in [0, 0.05) is 11.6 Å². The molecule has 0 unspecified atom stereocenters. The summed E-state index contributed by atoms with van der Waals surface area (Å²) in [6.45, 7) is 1.73. The number of benzene rings is 1. The van der Waals surface area contributed by atoms with Crippen LogP contribution in [0.4, 0.5) is 0 Å². The average molecular weight is 220 g/mol. The van der Waals surface area contributed by atoms with Gasteiger partial charge in [-0.15, -0.1) is 0 Å². The van der Waals surface area contributed by atoms with E-state index in [-0.39, 0.29) is 12.4 Å². The maximum Gasteiger partial charge on any atom is 0.379 e. The van der Waals surface area contributed by atoms with Crippen LogP contribution in [0.15, 0.2) is 36.4 Å². The van der Waals surface area contributed by atoms with E-state index in [1.54, 1.807) is 37.3 Å². The quantitative estimate of drug-likeness (QED) is 0.363. The Morgan fingerprint density at radius 2 is 1.94 bits per heavy atom. The number of rotatable bonds is 4. The van der Waals surface area contributed by atoms with Crippen LogP contribution in [-0.2, 0) is 14.3 Å². The summed E-state index contributed by atoms with van der Waals surface area (Å²) >= 11 is 0. The van der Waals surface area contributed by atoms with Gasteiger partial charge in [0.15, 0.2) is 0 Å². The van der Waals surface area contributed by atoms with Crippen molar-refractivity contribution in [2.75, 3.05) is 6.61 Å². The summed E-state index contributed by atoms with van der Waals surface area (Å²) in [6, 6.07) is 8.47. The van der Waals surface area contributed by atoms with Gasteiger partial charge in [0.05, 0.1) is 6.61 Å². The molecule has 4 nitrogen and oxygen atoms in total. The molecule has 0 atom stereocenters. The summed E-state index contributed by atoms with van der Waals surface area (Å²) in [4.78, 5) is 22.2. The van der Waals surface area contributed by atoms with E-state index >= 15 is 0 Å². The van der Waals surface area contributed by atoms with Crippen LogP contribution < -0.4 is 0 Å². The van der Waals surface area contributed by atoms with Crippen molar-refractivity contribution in [3.05, 3.63) is 42.0 Å². The first-order chi connectivity index (χ1) is 7.65. The molecule has 0 radical (unpaired) electrons. The fourth-order valence-corrected chi connectivity index (χ4v) is 1.08. The molecule has 0 spiro atoms. The molecule has 0 heterocycles. The molecule has 0 saturated heterocycles. The third-order valence-corrected chi connectivity index (χ3v) is 1.81. The van der Waals surface area contributed by atoms with Crippen LogP contribution in [0.25, 0.3) is 5.76 Å². The Balaban J connectivity index is 2.78. The van der Waals surface area contributed by atoms with E-state index in [4.69, 9.17) is 0 Å². The molecule has 84 valence electrons. The van der Waals surface area contributed by atoms with Gasteiger partial charge in [0.25, 0.3) is 5.78 Å². The first-order valence-electron chi connectivity index (χ1n) is 4.82. The number of aliphatic hydroxyl groups excluding tert-OH is 1. The molecule has 0 fully saturated rings. The van der Waals surface area contributed by atoms with E-state index in [9.17, 15) is 14.7 Å². The van der Waals surface area contributed by atoms with Crippen molar-refractivity contribution in [3.63, 3.8) is 0 Å². The smallest absolute Gasteiger partial charge is 0.379 e. The van der Waals surface area contributed by atoms with Crippen LogP contribution >= 0.6 is 0 Å². The summed E-state index contributed by atoms with van der Waals surface area (Å²) in [5, 5.41) is 9.54. The van der Waals surface area contributed by atoms with Crippen molar-refractivity contribution in [1.82, 2.24) is 0 Å². The van der Waals surface area contributed by atoms with E-state index in [0.29, 0.717) is 5.56 Å². The molecule has 1 aromatic rings. The Kier molecular flexibility index (Phi) is 4.27. The van der Waals surface area contributed by atoms with Gasteiger partial charge in [0.2, 0.25) is 0 Å². The van der Waals surface area contributed by atoms with E-state index < -0.39 is 11.8 Å². The molecule has 16 heavy (non-hydrogen) atoms. The van der Waals surface area contributed by atoms with Crippen molar-refractivity contribution < 1.29 is 19.4 Å². The highest BCUT2D eigenvalue weighted by Gasteiger charge is 2.13. The van der Waals surface area contributed by atoms with Gasteiger partial charge in [-0.25, -0.2) is 4.79 Å². The Morgan fingerprint density at radius 1 is 1.31 bits per heavy atom. The Bertz CT molecular complexity index is 406. The zero-order chi connectivity index (χ0) is 12.0. The minimum atomic E-state index is -0.968. The van der Waals surface area contributed by atoms with E-state index in [2.05, 4.69) is 4.74 Å². The highest BCUT2D eigenvalue weighted by Crippen LogP contribution is 2.10. The summed E-state index contributed by atoms with van der Waals surface area (Å²) in [7, 11) is 0. The topological polar surface area (TPSA) is 63.6 Å². The Labute approximate surface area is 93.2 Å². The molecule has 1 aromatic carbocycles. The average Bonchev–Trinajstić information content (AvgIpc) is 2.30. The minimum absolute atomic E-state index is 0.129. The maximum atomic E-state index is 11.2. The molecule has 0 aliphatic carbocycles. The molecule has 0 bridgehead atoms. The normalized spacial score (nSPS) is 10.9. The monoisotopic (exact) mass is 220 g/mol. The fourth-order valence-electron chi connectivity index (χ4n) is 1.08. The third kappa shape index (κ3) is 3.24. The first kappa shape index (κ1) is 12.0. The Hall–Kier alpha value is -2.10. The summed E-state index contributed by atoms with van der Waals surface area (Å²) in [5.74, 6) is -2.09. The zero-order valence-corrected chi connectivity index (χ0v) is 8.84. The van der Waals surface area contributed by atoms with Crippen LogP contribution in [0.3, 0.4) is 0 Å². The summed E-state index contributed by atoms with van der Waals surface area (Å²) in [6.07, 6.45) is 0.854. The summed E-state index contributed by atoms with van der Waals surface area (Å²) < 4.78 is 4.50. The fraction of sp³-hybridized carbons (Fsp3) is 0.167. The van der Waals surface area contributed by atoms with Gasteiger partial charge < -0.3 is 9.84 Å². The van der Waals surface area contributed by atoms with Crippen molar-refractivity contribution in [3.8, 4) is 0 Å². The lowest BCUT2D eigenvalue weighted by atomic mass is 10.1. The van der Waals surface area contributed by atoms with Crippen LogP contribution in [0.1, 0.15) is 12.5 Å². The van der Waals surface area contributed by atoms with Crippen molar-refractivity contribution in [1.29, 1.82) is 0 Å². The lowest BCUT2D eigenvalue weighted by Gasteiger charge is -1.99. The zero-order valence-electron chi connectivity index (χ0n) is 8.84. The second-order valence-electron chi connectivity index (χ2n) is 2.98. The first-order valence-corrected chi connectivity index (χ1v) is 4.82. The number of carbonyl (C=O) groups excluding carboxylic acids is 2. The molecular formula is C12H12O4. The number of ether oxygens (including phenoxy) is 1. The number of aliphatic hydroxyl groups is 1. The highest BCUT2D eigenvalue weighted by molar-refractivity contribution is 6.39. The number of esters is 1. The molecule has 1 N–H and O–H groups in total. The number of hydrogen-bond donors (Lipinski definition) is 1. The van der Waals surface area contributed by atoms with Gasteiger partial charge in [-0.3, -0.25) is 4.79 Å². The van der Waals surface area contributed by atoms with Gasteiger partial charge in [-0.05, 0) is 6.92 Å². The largest absolute Gasteiger partial charge is 0.507 e. The predicted molar refractivity (Wildman–Crippen MR) is 58.7 cm³/mol. The van der Waals surface area contributed by atoms with Crippen LogP contribution in [-0.4, -0.2) is 23.5 Å². The predicted octanol–water partition coefficient (Wildman–Crippen LogP) is 1.72. The van der Waals surface area contributed by atoms with Crippen molar-refractivity contribution in [2.45, 2.75) is 6.92 Å². The van der Waals surface area contributed by atoms with Crippen LogP contribution in [0.5, 0.6) is 0 Å². The van der Waals surface area contributed by atoms with Crippen LogP contribution in [0.2, 0.25) is 0 Å². The molecular weight excluding hydrogens is 208 g/mol. The molecule has 0 aromatic heterocycles. The van der Waals surface area contributed by atoms with E-state index in [0.717, 1.165) is 6.08 Å². The lowest BCUT2D eigenvalue weighted by molar-refractivity contribution is -0.151. The lowest BCUT2D eigenvalue weighted by Crippen LogP contribution is -2.15. The van der Waals surface area contributed by atoms with E-state index in [1.165, 1.54) is 0 Å². The minimum Gasteiger partial charge on any atom is -0.507 e. The molecule has 4 heteroatoms. The van der Waals surface area contributed by atoms with Gasteiger partial charge in [-0.1, -0.05) is 30.3 Å². The molecule has 0 saturated carbocycles. The molecule has 0 aliphatic rings. The third-order valence-electron chi connectivity index (χ3n) is 1.81. The van der Waals surface area contributed by atoms with Gasteiger partial charge >= 0.3 is 5.97 Å². The second kappa shape index (κ2) is 5.70. The number of hydrogen-bond acceptors (Lipinski definition) is 4. The summed E-state index contributed by atoms with van der Waals surface area (Å²) in [5.41, 5.74) is 0.472. The number of carbonyl (C=O) groups is 2. The SMILES string of the molecule is CCOC(=O)C(=O)C=C(O)c1ccccc1. The van der Waals surface area contributed by atoms with Crippen molar-refractivity contribution >= 4 is 17.5 Å². The molecule has 0 aliphatic heterocycles. The second-order valence-corrected chi connectivity index (χ2v) is 2.98. The van der Waals surface area contributed by atoms with E-state index in [1.807, 2.05) is 0 Å². The molecule has 0 amide bonds. The Morgan fingerprint density at radius 3 is 2.50 bits per heavy atom. The van der Waals surface area contributed by atoms with Gasteiger partial charge in [0.1, 0.15) is 5.76 Å².